The van der Waals surface area contributed by atoms with E-state index in [-0.39, 0.29) is 11.8 Å². The molecule has 2 heterocycles. The number of hydrogen-bond donors (Lipinski definition) is 1. The highest BCUT2D eigenvalue weighted by Gasteiger charge is 2.23. The Morgan fingerprint density at radius 3 is 2.31 bits per heavy atom. The Morgan fingerprint density at radius 1 is 0.857 bits per heavy atom. The van der Waals surface area contributed by atoms with Crippen molar-refractivity contribution in [1.82, 2.24) is 9.80 Å². The van der Waals surface area contributed by atoms with Crippen LogP contribution in [0.1, 0.15) is 20.7 Å². The minimum atomic E-state index is -0.433. The molecule has 7 nitrogen and oxygen atoms in total. The van der Waals surface area contributed by atoms with Crippen molar-refractivity contribution >= 4 is 28.5 Å². The summed E-state index contributed by atoms with van der Waals surface area (Å²) in [7, 11) is 2.04. The van der Waals surface area contributed by atoms with Gasteiger partial charge in [0.05, 0.1) is 16.8 Å². The van der Waals surface area contributed by atoms with Crippen molar-refractivity contribution < 1.29 is 14.0 Å². The molecule has 1 aromatic heterocycles. The Bertz CT molecular complexity index is 1450. The zero-order valence-electron chi connectivity index (χ0n) is 19.4. The lowest BCUT2D eigenvalue weighted by Gasteiger charge is -2.32. The van der Waals surface area contributed by atoms with Crippen molar-refractivity contribution in [2.75, 3.05) is 38.5 Å². The van der Waals surface area contributed by atoms with Gasteiger partial charge >= 0.3 is 5.63 Å². The van der Waals surface area contributed by atoms with E-state index in [0.717, 1.165) is 18.5 Å². The first-order valence-electron chi connectivity index (χ1n) is 11.5. The van der Waals surface area contributed by atoms with E-state index in [0.29, 0.717) is 46.6 Å². The van der Waals surface area contributed by atoms with Crippen LogP contribution in [0.25, 0.3) is 22.1 Å². The largest absolute Gasteiger partial charge is 0.422 e. The predicted molar refractivity (Wildman–Crippen MR) is 136 cm³/mol. The van der Waals surface area contributed by atoms with Crippen molar-refractivity contribution in [2.45, 2.75) is 0 Å². The number of carbonyl (C=O) groups is 2. The molecule has 5 rings (SSSR count). The smallest absolute Gasteiger partial charge is 0.344 e. The van der Waals surface area contributed by atoms with Gasteiger partial charge in [-0.1, -0.05) is 42.5 Å². The van der Waals surface area contributed by atoms with Gasteiger partial charge in [-0.2, -0.15) is 0 Å². The molecule has 0 atom stereocenters. The highest BCUT2D eigenvalue weighted by molar-refractivity contribution is 6.09. The quantitative estimate of drug-likeness (QED) is 0.457. The fraction of sp³-hybridized carbons (Fsp3) is 0.179. The second-order valence-corrected chi connectivity index (χ2v) is 8.66. The van der Waals surface area contributed by atoms with Gasteiger partial charge in [-0.05, 0) is 49.0 Å². The Hall–Kier alpha value is -4.23. The van der Waals surface area contributed by atoms with Crippen LogP contribution in [0, 0.1) is 0 Å². The van der Waals surface area contributed by atoms with Gasteiger partial charge in [-0.3, -0.25) is 9.59 Å². The van der Waals surface area contributed by atoms with Gasteiger partial charge in [-0.15, -0.1) is 0 Å². The number of nitrogens with one attached hydrogen (secondary N) is 1. The summed E-state index contributed by atoms with van der Waals surface area (Å²) >= 11 is 0. The number of benzene rings is 3. The van der Waals surface area contributed by atoms with Gasteiger partial charge in [0.2, 0.25) is 0 Å². The summed E-state index contributed by atoms with van der Waals surface area (Å²) in [5.41, 5.74) is 2.54. The van der Waals surface area contributed by atoms with Crippen LogP contribution in [0.2, 0.25) is 0 Å². The fourth-order valence-corrected chi connectivity index (χ4v) is 4.22. The standard InChI is InChI=1S/C28H25N3O4/c1-30-14-16-31(17-15-30)27(33)22-7-3-4-8-24(22)29-26(32)20-12-10-19(11-13-20)23-18-21-6-2-5-9-25(21)35-28(23)34/h2-13,18H,14-17H2,1H3,(H,29,32). The molecule has 0 saturated carbocycles. The number of carbonyl (C=O) groups excluding carboxylic acids is 2. The zero-order valence-corrected chi connectivity index (χ0v) is 19.4. The Labute approximate surface area is 202 Å². The minimum Gasteiger partial charge on any atom is -0.422 e. The maximum atomic E-state index is 13.1. The number of rotatable bonds is 4. The molecule has 35 heavy (non-hydrogen) atoms. The summed E-state index contributed by atoms with van der Waals surface area (Å²) in [5, 5.41) is 3.70. The van der Waals surface area contributed by atoms with Crippen LogP contribution >= 0.6 is 0 Å². The zero-order chi connectivity index (χ0) is 24.4. The second kappa shape index (κ2) is 9.56. The first-order valence-corrected chi connectivity index (χ1v) is 11.5. The predicted octanol–water partition coefficient (Wildman–Crippen LogP) is 4.10. The highest BCUT2D eigenvalue weighted by atomic mass is 16.4. The molecule has 2 amide bonds. The van der Waals surface area contributed by atoms with Gasteiger partial charge in [0.25, 0.3) is 11.8 Å². The molecule has 4 aromatic rings. The number of anilines is 1. The summed E-state index contributed by atoms with van der Waals surface area (Å²) in [4.78, 5) is 42.5. The topological polar surface area (TPSA) is 82.9 Å². The Balaban J connectivity index is 1.35. The summed E-state index contributed by atoms with van der Waals surface area (Å²) in [6.07, 6.45) is 0. The molecule has 1 aliphatic rings. The molecule has 7 heteroatoms. The molecule has 1 saturated heterocycles. The number of nitrogens with zero attached hydrogens (tertiary/aromatic N) is 2. The summed E-state index contributed by atoms with van der Waals surface area (Å²) in [6.45, 7) is 2.95. The average Bonchev–Trinajstić information content (AvgIpc) is 2.89. The van der Waals surface area contributed by atoms with Crippen LogP contribution in [0.15, 0.2) is 88.1 Å². The van der Waals surface area contributed by atoms with Crippen LogP contribution in [0.5, 0.6) is 0 Å². The van der Waals surface area contributed by atoms with Gasteiger partial charge in [0.15, 0.2) is 0 Å². The molecule has 0 spiro atoms. The molecule has 0 unspecified atom stereocenters. The maximum Gasteiger partial charge on any atom is 0.344 e. The normalized spacial score (nSPS) is 14.1. The second-order valence-electron chi connectivity index (χ2n) is 8.66. The van der Waals surface area contributed by atoms with E-state index < -0.39 is 5.63 Å². The summed E-state index contributed by atoms with van der Waals surface area (Å²) in [6, 6.07) is 22.9. The van der Waals surface area contributed by atoms with Crippen LogP contribution in [0.4, 0.5) is 5.69 Å². The van der Waals surface area contributed by atoms with E-state index >= 15 is 0 Å². The number of fused-ring (bicyclic) bond motifs is 1. The Morgan fingerprint density at radius 2 is 1.54 bits per heavy atom. The molecule has 1 aliphatic heterocycles. The van der Waals surface area contributed by atoms with Gasteiger partial charge in [-0.25, -0.2) is 4.79 Å². The Kier molecular flexibility index (Phi) is 6.16. The number of piperazine rings is 1. The van der Waals surface area contributed by atoms with Crippen LogP contribution in [-0.4, -0.2) is 54.8 Å². The van der Waals surface area contributed by atoms with E-state index in [9.17, 15) is 14.4 Å². The molecular weight excluding hydrogens is 442 g/mol. The maximum absolute atomic E-state index is 13.1. The van der Waals surface area contributed by atoms with Gasteiger partial charge in [0, 0.05) is 37.1 Å². The van der Waals surface area contributed by atoms with Crippen molar-refractivity contribution in [2.24, 2.45) is 0 Å². The van der Waals surface area contributed by atoms with E-state index in [4.69, 9.17) is 4.42 Å². The third-order valence-corrected chi connectivity index (χ3v) is 6.30. The summed E-state index contributed by atoms with van der Waals surface area (Å²) < 4.78 is 5.42. The lowest BCUT2D eigenvalue weighted by molar-refractivity contribution is 0.0665. The van der Waals surface area contributed by atoms with Crippen LogP contribution < -0.4 is 10.9 Å². The third kappa shape index (κ3) is 4.72. The molecule has 176 valence electrons. The average molecular weight is 468 g/mol. The van der Waals surface area contributed by atoms with Crippen LogP contribution in [-0.2, 0) is 0 Å². The molecule has 0 aliphatic carbocycles. The molecule has 0 bridgehead atoms. The fourth-order valence-electron chi connectivity index (χ4n) is 4.22. The van der Waals surface area contributed by atoms with E-state index in [1.807, 2.05) is 30.1 Å². The molecule has 3 aromatic carbocycles. The van der Waals surface area contributed by atoms with E-state index in [1.165, 1.54) is 0 Å². The third-order valence-electron chi connectivity index (χ3n) is 6.30. The monoisotopic (exact) mass is 467 g/mol. The van der Waals surface area contributed by atoms with E-state index in [1.54, 1.807) is 60.7 Å². The minimum absolute atomic E-state index is 0.0904. The molecular formula is C28H25N3O4. The highest BCUT2D eigenvalue weighted by Crippen LogP contribution is 2.23. The van der Waals surface area contributed by atoms with Crippen molar-refractivity contribution in [3.05, 3.63) is 100 Å². The van der Waals surface area contributed by atoms with Crippen molar-refractivity contribution in [1.29, 1.82) is 0 Å². The molecule has 1 N–H and O–H groups in total. The number of hydrogen-bond acceptors (Lipinski definition) is 5. The number of likely N-dealkylation sites (N-methyl/N-ethyl adjacent to an activating group) is 1. The molecule has 1 fully saturated rings. The lowest BCUT2D eigenvalue weighted by atomic mass is 10.0. The summed E-state index contributed by atoms with van der Waals surface area (Å²) in [5.74, 6) is -0.423. The molecule has 0 radical (unpaired) electrons. The van der Waals surface area contributed by atoms with Crippen molar-refractivity contribution in [3.8, 4) is 11.1 Å². The first-order chi connectivity index (χ1) is 17.0. The van der Waals surface area contributed by atoms with Crippen LogP contribution in [0.3, 0.4) is 0 Å². The van der Waals surface area contributed by atoms with Gasteiger partial charge < -0.3 is 19.5 Å². The van der Waals surface area contributed by atoms with Crippen molar-refractivity contribution in [3.63, 3.8) is 0 Å². The van der Waals surface area contributed by atoms with E-state index in [2.05, 4.69) is 10.2 Å². The lowest BCUT2D eigenvalue weighted by Crippen LogP contribution is -2.47. The first kappa shape index (κ1) is 22.6. The number of para-hydroxylation sites is 2. The number of amides is 2. The SMILES string of the molecule is CN1CCN(C(=O)c2ccccc2NC(=O)c2ccc(-c3cc4ccccc4oc3=O)cc2)CC1. The van der Waals surface area contributed by atoms with Gasteiger partial charge in [0.1, 0.15) is 5.58 Å².